The normalized spacial score (nSPS) is 13.5. The van der Waals surface area contributed by atoms with Gasteiger partial charge in [0.15, 0.2) is 0 Å². The monoisotopic (exact) mass is 396 g/mol. The van der Waals surface area contributed by atoms with Crippen LogP contribution in [0.3, 0.4) is 0 Å². The summed E-state index contributed by atoms with van der Waals surface area (Å²) in [5.41, 5.74) is 12.6. The number of rotatable bonds is 0. The molecule has 4 heteroatoms. The smallest absolute Gasteiger partial charge is 0.148 e. The number of nitrogens with zero attached hydrogens (tertiary/aromatic N) is 4. The van der Waals surface area contributed by atoms with Crippen molar-refractivity contribution in [1.82, 2.24) is 19.4 Å². The van der Waals surface area contributed by atoms with Crippen molar-refractivity contribution in [2.45, 2.75) is 12.8 Å². The second-order valence-electron chi connectivity index (χ2n) is 8.49. The highest BCUT2D eigenvalue weighted by Crippen LogP contribution is 2.47. The molecule has 4 nitrogen and oxygen atoms in total. The van der Waals surface area contributed by atoms with Crippen LogP contribution in [-0.2, 0) is 12.8 Å². The van der Waals surface area contributed by atoms with Crippen LogP contribution in [-0.4, -0.2) is 19.4 Å². The number of pyridine rings is 3. The molecule has 2 aromatic carbocycles. The highest BCUT2D eigenvalue weighted by Gasteiger charge is 2.31. The third-order valence-corrected chi connectivity index (χ3v) is 7.03. The summed E-state index contributed by atoms with van der Waals surface area (Å²) in [6.07, 6.45) is 7.54. The van der Waals surface area contributed by atoms with E-state index in [1.807, 2.05) is 24.7 Å². The van der Waals surface area contributed by atoms with E-state index in [0.717, 1.165) is 46.0 Å². The fraction of sp³-hybridized carbons (Fsp3) is 0.0741. The van der Waals surface area contributed by atoms with Gasteiger partial charge in [0, 0.05) is 41.3 Å². The molecule has 0 unspecified atom stereocenters. The van der Waals surface area contributed by atoms with Gasteiger partial charge in [-0.1, -0.05) is 36.4 Å². The molecule has 0 atom stereocenters. The van der Waals surface area contributed by atoms with E-state index in [1.165, 1.54) is 39.1 Å². The van der Waals surface area contributed by atoms with Crippen LogP contribution < -0.4 is 0 Å². The highest BCUT2D eigenvalue weighted by atomic mass is 15.1. The van der Waals surface area contributed by atoms with Gasteiger partial charge in [-0.25, -0.2) is 9.97 Å². The summed E-state index contributed by atoms with van der Waals surface area (Å²) in [7, 11) is 0. The second-order valence-corrected chi connectivity index (χ2v) is 8.49. The van der Waals surface area contributed by atoms with Crippen LogP contribution in [0, 0.1) is 0 Å². The summed E-state index contributed by atoms with van der Waals surface area (Å²) in [5, 5.41) is 3.37. The molecule has 31 heavy (non-hydrogen) atoms. The zero-order chi connectivity index (χ0) is 20.1. The molecule has 144 valence electrons. The summed E-state index contributed by atoms with van der Waals surface area (Å²) < 4.78 is 2.27. The van der Waals surface area contributed by atoms with Crippen LogP contribution in [0.5, 0.6) is 0 Å². The lowest BCUT2D eigenvalue weighted by molar-refractivity contribution is 1.05. The maximum atomic E-state index is 5.17. The SMILES string of the molecule is c1ccc2c(c1)Cc1c-2ccc2c1Cc1c-2nc2c3cnccc3c3cccnc3n12. The summed E-state index contributed by atoms with van der Waals surface area (Å²) in [5.74, 6) is 0. The van der Waals surface area contributed by atoms with Gasteiger partial charge < -0.3 is 0 Å². The Balaban J connectivity index is 1.47. The van der Waals surface area contributed by atoms with E-state index in [9.17, 15) is 0 Å². The highest BCUT2D eigenvalue weighted by molar-refractivity contribution is 6.11. The van der Waals surface area contributed by atoms with Crippen molar-refractivity contribution in [1.29, 1.82) is 0 Å². The molecule has 4 heterocycles. The van der Waals surface area contributed by atoms with Crippen LogP contribution >= 0.6 is 0 Å². The quantitative estimate of drug-likeness (QED) is 0.315. The van der Waals surface area contributed by atoms with Gasteiger partial charge in [-0.3, -0.25) is 9.38 Å². The van der Waals surface area contributed by atoms with E-state index >= 15 is 0 Å². The number of imidazole rings is 1. The molecule has 0 N–H and O–H groups in total. The lowest BCUT2D eigenvalue weighted by atomic mass is 9.97. The molecule has 8 rings (SSSR count). The first-order valence-corrected chi connectivity index (χ1v) is 10.6. The van der Waals surface area contributed by atoms with Crippen LogP contribution in [0.15, 0.2) is 73.2 Å². The number of aromatic nitrogens is 4. The van der Waals surface area contributed by atoms with E-state index < -0.39 is 0 Å². The molecule has 0 saturated heterocycles. The first-order chi connectivity index (χ1) is 15.4. The molecular formula is C27H16N4. The molecule has 6 aromatic rings. The van der Waals surface area contributed by atoms with E-state index in [1.54, 1.807) is 0 Å². The van der Waals surface area contributed by atoms with Crippen LogP contribution in [0.1, 0.15) is 22.4 Å². The first-order valence-electron chi connectivity index (χ1n) is 10.6. The molecule has 0 saturated carbocycles. The summed E-state index contributed by atoms with van der Waals surface area (Å²) in [4.78, 5) is 14.3. The fourth-order valence-corrected chi connectivity index (χ4v) is 5.70. The Kier molecular flexibility index (Phi) is 2.72. The van der Waals surface area contributed by atoms with E-state index in [2.05, 4.69) is 57.9 Å². The fourth-order valence-electron chi connectivity index (χ4n) is 5.70. The van der Waals surface area contributed by atoms with Crippen LogP contribution in [0.25, 0.3) is 49.8 Å². The van der Waals surface area contributed by atoms with E-state index in [-0.39, 0.29) is 0 Å². The maximum Gasteiger partial charge on any atom is 0.148 e. The first kappa shape index (κ1) is 15.7. The number of hydrogen-bond donors (Lipinski definition) is 0. The third kappa shape index (κ3) is 1.84. The molecule has 0 fully saturated rings. The number of fused-ring (bicyclic) bond motifs is 14. The van der Waals surface area contributed by atoms with Gasteiger partial charge in [0.05, 0.1) is 11.4 Å². The van der Waals surface area contributed by atoms with E-state index in [0.29, 0.717) is 0 Å². The molecular weight excluding hydrogens is 380 g/mol. The maximum absolute atomic E-state index is 5.17. The van der Waals surface area contributed by atoms with Crippen molar-refractivity contribution in [2.75, 3.05) is 0 Å². The van der Waals surface area contributed by atoms with Crippen LogP contribution in [0.2, 0.25) is 0 Å². The molecule has 0 radical (unpaired) electrons. The second kappa shape index (κ2) is 5.35. The van der Waals surface area contributed by atoms with Crippen LogP contribution in [0.4, 0.5) is 0 Å². The molecule has 2 aliphatic rings. The van der Waals surface area contributed by atoms with Crippen molar-refractivity contribution < 1.29 is 0 Å². The largest absolute Gasteiger partial charge is 0.279 e. The summed E-state index contributed by atoms with van der Waals surface area (Å²) in [6.45, 7) is 0. The lowest BCUT2D eigenvalue weighted by Gasteiger charge is -2.10. The Morgan fingerprint density at radius 1 is 0.677 bits per heavy atom. The molecule has 4 aromatic heterocycles. The Bertz CT molecular complexity index is 1740. The molecule has 0 spiro atoms. The van der Waals surface area contributed by atoms with Crippen molar-refractivity contribution in [3.05, 3.63) is 95.6 Å². The minimum Gasteiger partial charge on any atom is -0.279 e. The number of benzene rings is 2. The Hall–Kier alpha value is -4.05. The average molecular weight is 396 g/mol. The van der Waals surface area contributed by atoms with Gasteiger partial charge in [-0.15, -0.1) is 0 Å². The molecule has 0 amide bonds. The third-order valence-electron chi connectivity index (χ3n) is 7.03. The molecule has 0 aliphatic heterocycles. The predicted molar refractivity (Wildman–Crippen MR) is 122 cm³/mol. The summed E-state index contributed by atoms with van der Waals surface area (Å²) in [6, 6.07) is 19.5. The average Bonchev–Trinajstić information content (AvgIpc) is 3.49. The van der Waals surface area contributed by atoms with Gasteiger partial charge in [-0.05, 0) is 57.8 Å². The van der Waals surface area contributed by atoms with Crippen molar-refractivity contribution in [3.63, 3.8) is 0 Å². The summed E-state index contributed by atoms with van der Waals surface area (Å²) >= 11 is 0. The minimum absolute atomic E-state index is 0.889. The predicted octanol–water partition coefficient (Wildman–Crippen LogP) is 5.57. The minimum atomic E-state index is 0.889. The van der Waals surface area contributed by atoms with Gasteiger partial charge in [0.25, 0.3) is 0 Å². The Morgan fingerprint density at radius 3 is 2.58 bits per heavy atom. The van der Waals surface area contributed by atoms with E-state index in [4.69, 9.17) is 9.97 Å². The van der Waals surface area contributed by atoms with Crippen molar-refractivity contribution >= 4 is 27.5 Å². The molecule has 0 bridgehead atoms. The van der Waals surface area contributed by atoms with Gasteiger partial charge in [0.2, 0.25) is 0 Å². The number of hydrogen-bond acceptors (Lipinski definition) is 3. The Morgan fingerprint density at radius 2 is 1.58 bits per heavy atom. The standard InChI is InChI=1S/C27H16N4/c1-2-5-16-15(4-1)12-21-17(16)7-8-19-22(21)13-24-25(19)30-27-23-14-28-11-9-18(23)20-6-3-10-29-26(20)31(24)27/h1-11,14H,12-13H2. The Labute approximate surface area is 177 Å². The van der Waals surface area contributed by atoms with Gasteiger partial charge in [-0.2, -0.15) is 0 Å². The topological polar surface area (TPSA) is 43.1 Å². The zero-order valence-corrected chi connectivity index (χ0v) is 16.6. The van der Waals surface area contributed by atoms with Gasteiger partial charge >= 0.3 is 0 Å². The van der Waals surface area contributed by atoms with Gasteiger partial charge in [0.1, 0.15) is 11.3 Å². The lowest BCUT2D eigenvalue weighted by Crippen LogP contribution is -1.99. The van der Waals surface area contributed by atoms with Crippen molar-refractivity contribution in [2.24, 2.45) is 0 Å². The molecule has 2 aliphatic carbocycles. The van der Waals surface area contributed by atoms with Crippen molar-refractivity contribution in [3.8, 4) is 22.4 Å². The zero-order valence-electron chi connectivity index (χ0n) is 16.6.